The third-order valence-corrected chi connectivity index (χ3v) is 3.83. The Morgan fingerprint density at radius 2 is 2.06 bits per heavy atom. The fourth-order valence-electron chi connectivity index (χ4n) is 2.60. The lowest BCUT2D eigenvalue weighted by Crippen LogP contribution is -2.36. The summed E-state index contributed by atoms with van der Waals surface area (Å²) in [7, 11) is 0. The van der Waals surface area contributed by atoms with Gasteiger partial charge in [0.05, 0.1) is 0 Å². The van der Waals surface area contributed by atoms with E-state index in [0.29, 0.717) is 18.5 Å². The zero-order valence-corrected chi connectivity index (χ0v) is 11.0. The lowest BCUT2D eigenvalue weighted by atomic mass is 10.0. The highest BCUT2D eigenvalue weighted by Gasteiger charge is 2.24. The summed E-state index contributed by atoms with van der Waals surface area (Å²) in [6.45, 7) is 2.85. The molecule has 0 bridgehead atoms. The summed E-state index contributed by atoms with van der Waals surface area (Å²) in [4.78, 5) is 12.1. The molecule has 1 fully saturated rings. The van der Waals surface area contributed by atoms with Crippen LogP contribution in [0.3, 0.4) is 0 Å². The Kier molecular flexibility index (Phi) is 4.37. The maximum Gasteiger partial charge on any atom is 0.251 e. The molecule has 1 aromatic carbocycles. The van der Waals surface area contributed by atoms with E-state index in [2.05, 4.69) is 12.2 Å². The van der Waals surface area contributed by atoms with Crippen molar-refractivity contribution >= 4 is 5.91 Å². The molecule has 1 aliphatic carbocycles. The summed E-state index contributed by atoms with van der Waals surface area (Å²) in [6.07, 6.45) is 4.42. The maximum atomic E-state index is 12.1. The Labute approximate surface area is 109 Å². The smallest absolute Gasteiger partial charge is 0.251 e. The Morgan fingerprint density at radius 1 is 1.33 bits per heavy atom. The van der Waals surface area contributed by atoms with Crippen molar-refractivity contribution in [2.75, 3.05) is 6.54 Å². The predicted octanol–water partition coefficient (Wildman–Crippen LogP) is 2.11. The minimum Gasteiger partial charge on any atom is -0.349 e. The first-order valence-corrected chi connectivity index (χ1v) is 6.80. The van der Waals surface area contributed by atoms with Crippen molar-refractivity contribution in [1.82, 2.24) is 5.32 Å². The van der Waals surface area contributed by atoms with Crippen LogP contribution in [-0.2, 0) is 6.42 Å². The highest BCUT2D eigenvalue weighted by Crippen LogP contribution is 2.25. The van der Waals surface area contributed by atoms with Crippen molar-refractivity contribution in [1.29, 1.82) is 0 Å². The van der Waals surface area contributed by atoms with Crippen LogP contribution in [0.15, 0.2) is 24.3 Å². The van der Waals surface area contributed by atoms with Crippen LogP contribution in [0.2, 0.25) is 0 Å². The van der Waals surface area contributed by atoms with Crippen molar-refractivity contribution in [3.63, 3.8) is 0 Å². The topological polar surface area (TPSA) is 55.1 Å². The summed E-state index contributed by atoms with van der Waals surface area (Å²) in [5, 5.41) is 3.13. The molecule has 2 rings (SSSR count). The van der Waals surface area contributed by atoms with E-state index in [1.54, 1.807) is 0 Å². The van der Waals surface area contributed by atoms with Gasteiger partial charge in [-0.15, -0.1) is 0 Å². The van der Waals surface area contributed by atoms with Crippen molar-refractivity contribution in [3.05, 3.63) is 35.4 Å². The van der Waals surface area contributed by atoms with Crippen LogP contribution in [0.4, 0.5) is 0 Å². The molecule has 1 saturated carbocycles. The van der Waals surface area contributed by atoms with Crippen molar-refractivity contribution in [3.8, 4) is 0 Å². The van der Waals surface area contributed by atoms with E-state index in [1.807, 2.05) is 24.3 Å². The minimum atomic E-state index is 0.0491. The van der Waals surface area contributed by atoms with Crippen LogP contribution in [-0.4, -0.2) is 18.5 Å². The van der Waals surface area contributed by atoms with Crippen LogP contribution in [0.1, 0.15) is 42.1 Å². The molecule has 0 spiro atoms. The molecule has 98 valence electrons. The van der Waals surface area contributed by atoms with Crippen molar-refractivity contribution in [2.45, 2.75) is 38.6 Å². The van der Waals surface area contributed by atoms with E-state index >= 15 is 0 Å². The molecule has 3 heteroatoms. The summed E-state index contributed by atoms with van der Waals surface area (Å²) in [6, 6.07) is 8.10. The SMILES string of the molecule is CC1CCCC1NC(=O)c1ccc(CCN)cc1. The Morgan fingerprint density at radius 3 is 2.61 bits per heavy atom. The van der Waals surface area contributed by atoms with Gasteiger partial charge in [-0.2, -0.15) is 0 Å². The summed E-state index contributed by atoms with van der Waals surface area (Å²) in [5.74, 6) is 0.651. The van der Waals surface area contributed by atoms with Crippen molar-refractivity contribution < 1.29 is 4.79 Å². The van der Waals surface area contributed by atoms with Gasteiger partial charge in [0.25, 0.3) is 5.91 Å². The Balaban J connectivity index is 1.96. The van der Waals surface area contributed by atoms with Gasteiger partial charge < -0.3 is 11.1 Å². The minimum absolute atomic E-state index is 0.0491. The lowest BCUT2D eigenvalue weighted by molar-refractivity contribution is 0.0929. The van der Waals surface area contributed by atoms with E-state index < -0.39 is 0 Å². The highest BCUT2D eigenvalue weighted by atomic mass is 16.1. The second-order valence-corrected chi connectivity index (χ2v) is 5.22. The van der Waals surface area contributed by atoms with Gasteiger partial charge in [-0.05, 0) is 49.4 Å². The van der Waals surface area contributed by atoms with E-state index in [9.17, 15) is 4.79 Å². The van der Waals surface area contributed by atoms with E-state index in [1.165, 1.54) is 18.4 Å². The summed E-state index contributed by atoms with van der Waals surface area (Å²) < 4.78 is 0. The standard InChI is InChI=1S/C15H22N2O/c1-11-3-2-4-14(11)17-15(18)13-7-5-12(6-8-13)9-10-16/h5-8,11,14H,2-4,9-10,16H2,1H3,(H,17,18). The van der Waals surface area contributed by atoms with Gasteiger partial charge in [0.15, 0.2) is 0 Å². The number of carbonyl (C=O) groups excluding carboxylic acids is 1. The molecular formula is C15H22N2O. The summed E-state index contributed by atoms with van der Waals surface area (Å²) in [5.41, 5.74) is 7.43. The average molecular weight is 246 g/mol. The fraction of sp³-hybridized carbons (Fsp3) is 0.533. The molecule has 0 heterocycles. The normalized spacial score (nSPS) is 23.0. The third-order valence-electron chi connectivity index (χ3n) is 3.83. The van der Waals surface area contributed by atoms with Gasteiger partial charge in [0.1, 0.15) is 0 Å². The van der Waals surface area contributed by atoms with E-state index in [4.69, 9.17) is 5.73 Å². The van der Waals surface area contributed by atoms with Gasteiger partial charge in [0.2, 0.25) is 0 Å². The van der Waals surface area contributed by atoms with Gasteiger partial charge in [-0.3, -0.25) is 4.79 Å². The quantitative estimate of drug-likeness (QED) is 0.855. The number of carbonyl (C=O) groups is 1. The second-order valence-electron chi connectivity index (χ2n) is 5.22. The monoisotopic (exact) mass is 246 g/mol. The number of rotatable bonds is 4. The molecule has 0 saturated heterocycles. The average Bonchev–Trinajstić information content (AvgIpc) is 2.76. The number of nitrogens with two attached hydrogens (primary N) is 1. The number of hydrogen-bond acceptors (Lipinski definition) is 2. The molecule has 1 aromatic rings. The molecule has 18 heavy (non-hydrogen) atoms. The van der Waals surface area contributed by atoms with Crippen LogP contribution >= 0.6 is 0 Å². The van der Waals surface area contributed by atoms with Crippen LogP contribution in [0.5, 0.6) is 0 Å². The Hall–Kier alpha value is -1.35. The molecule has 2 unspecified atom stereocenters. The molecule has 1 amide bonds. The predicted molar refractivity (Wildman–Crippen MR) is 73.5 cm³/mol. The van der Waals surface area contributed by atoms with Crippen LogP contribution < -0.4 is 11.1 Å². The first kappa shape index (κ1) is 13.1. The maximum absolute atomic E-state index is 12.1. The zero-order chi connectivity index (χ0) is 13.0. The second kappa shape index (κ2) is 6.01. The number of amides is 1. The van der Waals surface area contributed by atoms with Crippen molar-refractivity contribution in [2.24, 2.45) is 11.7 Å². The number of benzene rings is 1. The number of nitrogens with one attached hydrogen (secondary N) is 1. The molecule has 0 aliphatic heterocycles. The van der Waals surface area contributed by atoms with E-state index in [-0.39, 0.29) is 5.91 Å². The Bertz CT molecular complexity index is 399. The lowest BCUT2D eigenvalue weighted by Gasteiger charge is -2.17. The number of hydrogen-bond donors (Lipinski definition) is 2. The molecule has 1 aliphatic rings. The van der Waals surface area contributed by atoms with Crippen LogP contribution in [0, 0.1) is 5.92 Å². The fourth-order valence-corrected chi connectivity index (χ4v) is 2.60. The van der Waals surface area contributed by atoms with Crippen LogP contribution in [0.25, 0.3) is 0 Å². The van der Waals surface area contributed by atoms with Gasteiger partial charge in [-0.1, -0.05) is 25.5 Å². The first-order chi connectivity index (χ1) is 8.70. The molecule has 0 aromatic heterocycles. The first-order valence-electron chi connectivity index (χ1n) is 6.80. The van der Waals surface area contributed by atoms with Gasteiger partial charge >= 0.3 is 0 Å². The molecular weight excluding hydrogens is 224 g/mol. The molecule has 2 atom stereocenters. The highest BCUT2D eigenvalue weighted by molar-refractivity contribution is 5.94. The third kappa shape index (κ3) is 3.10. The van der Waals surface area contributed by atoms with E-state index in [0.717, 1.165) is 18.4 Å². The van der Waals surface area contributed by atoms with Gasteiger partial charge in [0, 0.05) is 11.6 Å². The molecule has 3 nitrogen and oxygen atoms in total. The molecule has 3 N–H and O–H groups in total. The van der Waals surface area contributed by atoms with Gasteiger partial charge in [-0.25, -0.2) is 0 Å². The largest absolute Gasteiger partial charge is 0.349 e. The zero-order valence-electron chi connectivity index (χ0n) is 11.0. The molecule has 0 radical (unpaired) electrons. The summed E-state index contributed by atoms with van der Waals surface area (Å²) >= 11 is 0.